The molecule has 0 unspecified atom stereocenters. The lowest BCUT2D eigenvalue weighted by Gasteiger charge is -2.09. The third-order valence-corrected chi connectivity index (χ3v) is 2.80. The molecule has 2 rings (SSSR count). The third kappa shape index (κ3) is 3.91. The van der Waals surface area contributed by atoms with Crippen LogP contribution in [0.1, 0.15) is 11.1 Å². The van der Waals surface area contributed by atoms with E-state index < -0.39 is 11.6 Å². The number of hydrogen-bond acceptors (Lipinski definition) is 3. The fourth-order valence-corrected chi connectivity index (χ4v) is 1.79. The maximum atomic E-state index is 13.3. The van der Waals surface area contributed by atoms with Crippen molar-refractivity contribution in [3.8, 4) is 17.9 Å². The molecule has 2 aromatic rings. The molecule has 0 bridgehead atoms. The summed E-state index contributed by atoms with van der Waals surface area (Å²) in [7, 11) is 0. The molecule has 22 heavy (non-hydrogen) atoms. The summed E-state index contributed by atoms with van der Waals surface area (Å²) in [6.45, 7) is 0.0382. The van der Waals surface area contributed by atoms with Gasteiger partial charge in [-0.1, -0.05) is 12.1 Å². The smallest absolute Gasteiger partial charge is 0.130 e. The zero-order valence-electron chi connectivity index (χ0n) is 11.4. The van der Waals surface area contributed by atoms with E-state index in [1.165, 1.54) is 30.3 Å². The van der Waals surface area contributed by atoms with Gasteiger partial charge in [0.25, 0.3) is 0 Å². The minimum absolute atomic E-state index is 0.0382. The molecule has 0 spiro atoms. The van der Waals surface area contributed by atoms with Gasteiger partial charge >= 0.3 is 0 Å². The lowest BCUT2D eigenvalue weighted by molar-refractivity contribution is 0.303. The van der Waals surface area contributed by atoms with E-state index in [1.807, 2.05) is 0 Å². The first kappa shape index (κ1) is 15.2. The number of benzene rings is 2. The second-order valence-electron chi connectivity index (χ2n) is 4.38. The van der Waals surface area contributed by atoms with Gasteiger partial charge in [0.1, 0.15) is 41.7 Å². The van der Waals surface area contributed by atoms with E-state index in [4.69, 9.17) is 15.3 Å². The van der Waals surface area contributed by atoms with E-state index >= 15 is 0 Å². The molecule has 0 heterocycles. The molecule has 0 atom stereocenters. The molecule has 2 aromatic carbocycles. The molecule has 0 aliphatic heterocycles. The van der Waals surface area contributed by atoms with Crippen LogP contribution in [0, 0.1) is 34.3 Å². The number of halogens is 2. The number of ether oxygens (including phenoxy) is 1. The number of hydrogen-bond donors (Lipinski definition) is 0. The van der Waals surface area contributed by atoms with Crippen molar-refractivity contribution < 1.29 is 13.5 Å². The highest BCUT2D eigenvalue weighted by Crippen LogP contribution is 2.24. The monoisotopic (exact) mass is 296 g/mol. The Bertz CT molecular complexity index is 785. The Balaban J connectivity index is 2.27. The Labute approximate surface area is 126 Å². The summed E-state index contributed by atoms with van der Waals surface area (Å²) in [6, 6.07) is 13.1. The van der Waals surface area contributed by atoms with Crippen molar-refractivity contribution in [1.82, 2.24) is 0 Å². The van der Waals surface area contributed by atoms with E-state index in [1.54, 1.807) is 24.3 Å². The topological polar surface area (TPSA) is 56.8 Å². The normalized spacial score (nSPS) is 9.45. The first-order valence-electron chi connectivity index (χ1n) is 6.31. The van der Waals surface area contributed by atoms with Crippen molar-refractivity contribution in [2.75, 3.05) is 0 Å². The van der Waals surface area contributed by atoms with Crippen molar-refractivity contribution in [3.63, 3.8) is 0 Å². The minimum atomic E-state index is -0.512. The first-order chi connectivity index (χ1) is 10.6. The molecule has 0 aromatic heterocycles. The van der Waals surface area contributed by atoms with Gasteiger partial charge in [-0.15, -0.1) is 0 Å². The van der Waals surface area contributed by atoms with Crippen LogP contribution in [-0.2, 0) is 6.61 Å². The average Bonchev–Trinajstić information content (AvgIpc) is 2.52. The van der Waals surface area contributed by atoms with Crippen LogP contribution in [0.3, 0.4) is 0 Å². The van der Waals surface area contributed by atoms with Gasteiger partial charge in [0.05, 0.1) is 0 Å². The highest BCUT2D eigenvalue weighted by molar-refractivity contribution is 5.66. The molecule has 0 aliphatic rings. The van der Waals surface area contributed by atoms with E-state index in [2.05, 4.69) is 0 Å². The zero-order chi connectivity index (χ0) is 15.9. The molecule has 0 radical (unpaired) electrons. The molecule has 0 saturated heterocycles. The summed E-state index contributed by atoms with van der Waals surface area (Å²) >= 11 is 0. The molecule has 0 aliphatic carbocycles. The van der Waals surface area contributed by atoms with Crippen LogP contribution in [0.5, 0.6) is 5.75 Å². The predicted molar refractivity (Wildman–Crippen MR) is 76.3 cm³/mol. The van der Waals surface area contributed by atoms with Gasteiger partial charge in [-0.2, -0.15) is 10.5 Å². The third-order valence-electron chi connectivity index (χ3n) is 2.80. The van der Waals surface area contributed by atoms with E-state index in [9.17, 15) is 8.78 Å². The minimum Gasteiger partial charge on any atom is -0.488 e. The molecule has 5 heteroatoms. The molecule has 0 saturated carbocycles. The van der Waals surface area contributed by atoms with Crippen LogP contribution in [0.25, 0.3) is 6.08 Å². The average molecular weight is 296 g/mol. The maximum Gasteiger partial charge on any atom is 0.130 e. The van der Waals surface area contributed by atoms with E-state index in [-0.39, 0.29) is 17.9 Å². The Morgan fingerprint density at radius 3 is 2.45 bits per heavy atom. The van der Waals surface area contributed by atoms with Crippen LogP contribution in [0.4, 0.5) is 8.78 Å². The number of nitriles is 2. The number of rotatable bonds is 4. The summed E-state index contributed by atoms with van der Waals surface area (Å²) in [4.78, 5) is 0. The highest BCUT2D eigenvalue weighted by atomic mass is 19.1. The summed E-state index contributed by atoms with van der Waals surface area (Å²) in [5, 5.41) is 17.5. The highest BCUT2D eigenvalue weighted by Gasteiger charge is 2.06. The van der Waals surface area contributed by atoms with Crippen LogP contribution in [-0.4, -0.2) is 0 Å². The van der Waals surface area contributed by atoms with Crippen molar-refractivity contribution >= 4 is 6.08 Å². The molecular weight excluding hydrogens is 286 g/mol. The SMILES string of the molecule is N#CC(C#N)=Cc1ccc(F)cc1OCc1cccc(F)c1. The van der Waals surface area contributed by atoms with Crippen molar-refractivity contribution in [2.24, 2.45) is 0 Å². The zero-order valence-corrected chi connectivity index (χ0v) is 11.4. The Morgan fingerprint density at radius 1 is 1.05 bits per heavy atom. The summed E-state index contributed by atoms with van der Waals surface area (Å²) in [6.07, 6.45) is 1.31. The molecular formula is C17H10F2N2O. The largest absolute Gasteiger partial charge is 0.488 e. The molecule has 0 fully saturated rings. The van der Waals surface area contributed by atoms with Gasteiger partial charge in [0.15, 0.2) is 0 Å². The van der Waals surface area contributed by atoms with Gasteiger partial charge < -0.3 is 4.74 Å². The van der Waals surface area contributed by atoms with E-state index in [0.717, 1.165) is 6.07 Å². The quantitative estimate of drug-likeness (QED) is 0.802. The molecule has 108 valence electrons. The maximum absolute atomic E-state index is 13.3. The summed E-state index contributed by atoms with van der Waals surface area (Å²) in [5.74, 6) is -0.731. The van der Waals surface area contributed by atoms with Gasteiger partial charge in [0.2, 0.25) is 0 Å². The lowest BCUT2D eigenvalue weighted by atomic mass is 10.1. The standard InChI is InChI=1S/C17H10F2N2O/c18-15-3-1-2-12(7-15)11-22-17-8-16(19)5-4-14(17)6-13(9-20)10-21/h1-8H,11H2. The van der Waals surface area contributed by atoms with Crippen molar-refractivity contribution in [3.05, 3.63) is 70.8 Å². The van der Waals surface area contributed by atoms with Gasteiger partial charge in [-0.3, -0.25) is 0 Å². The van der Waals surface area contributed by atoms with Crippen molar-refractivity contribution in [2.45, 2.75) is 6.61 Å². The summed E-state index contributed by atoms with van der Waals surface area (Å²) < 4.78 is 31.9. The number of nitrogens with zero attached hydrogens (tertiary/aromatic N) is 2. The summed E-state index contributed by atoms with van der Waals surface area (Å²) in [5.41, 5.74) is 0.859. The second-order valence-corrected chi connectivity index (χ2v) is 4.38. The Morgan fingerprint density at radius 2 is 1.77 bits per heavy atom. The fraction of sp³-hybridized carbons (Fsp3) is 0.0588. The van der Waals surface area contributed by atoms with Gasteiger partial charge in [-0.05, 0) is 35.9 Å². The predicted octanol–water partition coefficient (Wildman–Crippen LogP) is 3.97. The number of allylic oxidation sites excluding steroid dienone is 1. The van der Waals surface area contributed by atoms with E-state index in [0.29, 0.717) is 11.1 Å². The molecule has 0 N–H and O–H groups in total. The fourth-order valence-electron chi connectivity index (χ4n) is 1.79. The second kappa shape index (κ2) is 7.01. The molecule has 0 amide bonds. The van der Waals surface area contributed by atoms with Gasteiger partial charge in [-0.25, -0.2) is 8.78 Å². The van der Waals surface area contributed by atoms with Gasteiger partial charge in [0, 0.05) is 11.6 Å². The Kier molecular flexibility index (Phi) is 4.85. The van der Waals surface area contributed by atoms with Crippen LogP contribution in [0.2, 0.25) is 0 Å². The lowest BCUT2D eigenvalue weighted by Crippen LogP contribution is -1.98. The van der Waals surface area contributed by atoms with Crippen molar-refractivity contribution in [1.29, 1.82) is 10.5 Å². The van der Waals surface area contributed by atoms with Crippen LogP contribution >= 0.6 is 0 Å². The van der Waals surface area contributed by atoms with Crippen LogP contribution < -0.4 is 4.74 Å². The Hall–Kier alpha value is -3.18. The molecule has 3 nitrogen and oxygen atoms in total. The first-order valence-corrected chi connectivity index (χ1v) is 6.31. The van der Waals surface area contributed by atoms with Crippen LogP contribution in [0.15, 0.2) is 48.0 Å².